The van der Waals surface area contributed by atoms with Crippen LogP contribution in [-0.2, 0) is 13.1 Å². The number of anilines is 1. The molecule has 1 aromatic carbocycles. The van der Waals surface area contributed by atoms with Gasteiger partial charge in [0.15, 0.2) is 0 Å². The van der Waals surface area contributed by atoms with Gasteiger partial charge in [0.05, 0.1) is 19.9 Å². The van der Waals surface area contributed by atoms with Crippen molar-refractivity contribution in [3.8, 4) is 22.8 Å². The molecule has 29 heavy (non-hydrogen) atoms. The van der Waals surface area contributed by atoms with Crippen molar-refractivity contribution in [3.05, 3.63) is 65.6 Å². The second-order valence-corrected chi connectivity index (χ2v) is 7.23. The number of hydrogen-bond donors (Lipinski definition) is 1. The van der Waals surface area contributed by atoms with E-state index in [0.717, 1.165) is 65.9 Å². The number of fused-ring (bicyclic) bond motifs is 1. The van der Waals surface area contributed by atoms with Crippen LogP contribution in [-0.4, -0.2) is 42.2 Å². The molecular weight excluding hydrogens is 364 g/mol. The largest absolute Gasteiger partial charge is 0.497 e. The maximum Gasteiger partial charge on any atom is 0.123 e. The van der Waals surface area contributed by atoms with Gasteiger partial charge in [-0.3, -0.25) is 14.9 Å². The van der Waals surface area contributed by atoms with Crippen molar-refractivity contribution in [1.82, 2.24) is 14.9 Å². The average molecular weight is 390 g/mol. The first-order valence-corrected chi connectivity index (χ1v) is 9.75. The highest BCUT2D eigenvalue weighted by Gasteiger charge is 2.17. The fourth-order valence-corrected chi connectivity index (χ4v) is 3.69. The Morgan fingerprint density at radius 2 is 1.97 bits per heavy atom. The molecule has 0 bridgehead atoms. The Bertz CT molecular complexity index is 1010. The number of rotatable bonds is 5. The maximum absolute atomic E-state index is 5.55. The number of aromatic nitrogens is 2. The van der Waals surface area contributed by atoms with E-state index in [9.17, 15) is 0 Å². The topological polar surface area (TPSA) is 59.5 Å². The molecule has 0 spiro atoms. The Morgan fingerprint density at radius 1 is 1.07 bits per heavy atom. The summed E-state index contributed by atoms with van der Waals surface area (Å²) in [5, 5.41) is 3.56. The average Bonchev–Trinajstić information content (AvgIpc) is 2.94. The maximum atomic E-state index is 5.55. The number of nitrogens with one attached hydrogen (secondary N) is 1. The van der Waals surface area contributed by atoms with Crippen LogP contribution < -0.4 is 14.8 Å². The van der Waals surface area contributed by atoms with Crippen molar-refractivity contribution < 1.29 is 9.47 Å². The molecule has 6 nitrogen and oxygen atoms in total. The molecule has 0 amide bonds. The zero-order valence-electron chi connectivity index (χ0n) is 17.1. The third-order valence-electron chi connectivity index (χ3n) is 5.20. The summed E-state index contributed by atoms with van der Waals surface area (Å²) in [5.41, 5.74) is 6.50. The minimum Gasteiger partial charge on any atom is -0.497 e. The van der Waals surface area contributed by atoms with Crippen molar-refractivity contribution >= 4 is 5.69 Å². The van der Waals surface area contributed by atoms with E-state index >= 15 is 0 Å². The lowest BCUT2D eigenvalue weighted by atomic mass is 10.1. The van der Waals surface area contributed by atoms with Gasteiger partial charge in [-0.1, -0.05) is 0 Å². The van der Waals surface area contributed by atoms with Crippen LogP contribution in [0.5, 0.6) is 11.5 Å². The number of ether oxygens (including phenoxy) is 2. The van der Waals surface area contributed by atoms with Crippen molar-refractivity contribution in [1.29, 1.82) is 0 Å². The van der Waals surface area contributed by atoms with Crippen LogP contribution in [0.1, 0.15) is 16.8 Å². The molecule has 0 unspecified atom stereocenters. The van der Waals surface area contributed by atoms with Gasteiger partial charge in [-0.2, -0.15) is 0 Å². The van der Waals surface area contributed by atoms with E-state index in [1.54, 1.807) is 14.2 Å². The summed E-state index contributed by atoms with van der Waals surface area (Å²) >= 11 is 0. The second-order valence-electron chi connectivity index (χ2n) is 7.23. The molecule has 4 rings (SSSR count). The van der Waals surface area contributed by atoms with E-state index in [-0.39, 0.29) is 0 Å². The lowest BCUT2D eigenvalue weighted by molar-refractivity contribution is 0.266. The van der Waals surface area contributed by atoms with Crippen LogP contribution in [0.15, 0.2) is 48.8 Å². The van der Waals surface area contributed by atoms with Crippen molar-refractivity contribution in [2.24, 2.45) is 0 Å². The lowest BCUT2D eigenvalue weighted by Crippen LogP contribution is -2.25. The quantitative estimate of drug-likeness (QED) is 0.713. The fraction of sp³-hybridized carbons (Fsp3) is 0.304. The van der Waals surface area contributed by atoms with Crippen LogP contribution in [0.4, 0.5) is 5.69 Å². The predicted octanol–water partition coefficient (Wildman–Crippen LogP) is 3.90. The molecule has 0 atom stereocenters. The summed E-state index contributed by atoms with van der Waals surface area (Å²) in [7, 11) is 3.39. The summed E-state index contributed by atoms with van der Waals surface area (Å²) in [4.78, 5) is 11.4. The van der Waals surface area contributed by atoms with Gasteiger partial charge in [-0.15, -0.1) is 0 Å². The lowest BCUT2D eigenvalue weighted by Gasteiger charge is -2.21. The van der Waals surface area contributed by atoms with E-state index < -0.39 is 0 Å². The van der Waals surface area contributed by atoms with Gasteiger partial charge >= 0.3 is 0 Å². The van der Waals surface area contributed by atoms with Gasteiger partial charge in [0.2, 0.25) is 0 Å². The van der Waals surface area contributed by atoms with Gasteiger partial charge in [0.1, 0.15) is 11.5 Å². The van der Waals surface area contributed by atoms with Crippen LogP contribution in [0.2, 0.25) is 0 Å². The molecule has 150 valence electrons. The van der Waals surface area contributed by atoms with Crippen LogP contribution in [0.25, 0.3) is 11.3 Å². The number of hydrogen-bond acceptors (Lipinski definition) is 6. The van der Waals surface area contributed by atoms with Crippen LogP contribution in [0.3, 0.4) is 0 Å². The van der Waals surface area contributed by atoms with Crippen LogP contribution in [0, 0.1) is 6.92 Å². The molecule has 0 fully saturated rings. The molecule has 0 aliphatic carbocycles. The van der Waals surface area contributed by atoms with Crippen LogP contribution >= 0.6 is 0 Å². The Labute approximate surface area is 171 Å². The van der Waals surface area contributed by atoms with E-state index in [0.29, 0.717) is 0 Å². The molecule has 1 N–H and O–H groups in total. The zero-order chi connectivity index (χ0) is 20.2. The zero-order valence-corrected chi connectivity index (χ0v) is 17.1. The van der Waals surface area contributed by atoms with Gasteiger partial charge in [-0.05, 0) is 43.3 Å². The van der Waals surface area contributed by atoms with Gasteiger partial charge in [0.25, 0.3) is 0 Å². The highest BCUT2D eigenvalue weighted by molar-refractivity contribution is 5.66. The second kappa shape index (κ2) is 8.49. The van der Waals surface area contributed by atoms with E-state index in [4.69, 9.17) is 14.5 Å². The summed E-state index contributed by atoms with van der Waals surface area (Å²) in [6.45, 7) is 5.41. The highest BCUT2D eigenvalue weighted by Crippen LogP contribution is 2.29. The van der Waals surface area contributed by atoms with E-state index in [1.807, 2.05) is 43.6 Å². The minimum atomic E-state index is 0.785. The smallest absolute Gasteiger partial charge is 0.123 e. The Balaban J connectivity index is 1.56. The molecule has 2 aromatic heterocycles. The minimum absolute atomic E-state index is 0.785. The molecule has 0 saturated carbocycles. The molecule has 0 saturated heterocycles. The normalized spacial score (nSPS) is 13.9. The first kappa shape index (κ1) is 19.2. The molecule has 6 heteroatoms. The predicted molar refractivity (Wildman–Crippen MR) is 114 cm³/mol. The standard InChI is InChI=1S/C23H26N4O2/c1-16-10-17(6-7-24-16)21-12-22-19(13-26-21)15-27(9-8-25-22)14-18-11-20(28-2)4-5-23(18)29-3/h4-7,10-13,25H,8-9,14-15H2,1-3H3. The summed E-state index contributed by atoms with van der Waals surface area (Å²) < 4.78 is 10.9. The number of aryl methyl sites for hydroxylation is 1. The summed E-state index contributed by atoms with van der Waals surface area (Å²) in [6.07, 6.45) is 3.81. The van der Waals surface area contributed by atoms with E-state index in [2.05, 4.69) is 27.3 Å². The number of methoxy groups -OCH3 is 2. The molecular formula is C23H26N4O2. The van der Waals surface area contributed by atoms with Gasteiger partial charge in [0, 0.05) is 66.6 Å². The van der Waals surface area contributed by atoms with Gasteiger partial charge in [-0.25, -0.2) is 0 Å². The molecule has 3 aromatic rings. The molecule has 1 aliphatic rings. The SMILES string of the molecule is COc1ccc(OC)c(CN2CCNc3cc(-c4ccnc(C)c4)ncc3C2)c1. The molecule has 0 radical (unpaired) electrons. The first-order chi connectivity index (χ1) is 14.2. The summed E-state index contributed by atoms with van der Waals surface area (Å²) in [5.74, 6) is 1.72. The first-order valence-electron chi connectivity index (χ1n) is 9.75. The third kappa shape index (κ3) is 4.32. The fourth-order valence-electron chi connectivity index (χ4n) is 3.69. The Hall–Kier alpha value is -3.12. The number of benzene rings is 1. The highest BCUT2D eigenvalue weighted by atomic mass is 16.5. The molecule has 1 aliphatic heterocycles. The van der Waals surface area contributed by atoms with Crippen molar-refractivity contribution in [3.63, 3.8) is 0 Å². The monoisotopic (exact) mass is 390 g/mol. The Morgan fingerprint density at radius 3 is 2.76 bits per heavy atom. The molecule has 3 heterocycles. The van der Waals surface area contributed by atoms with Gasteiger partial charge < -0.3 is 14.8 Å². The number of pyridine rings is 2. The summed E-state index contributed by atoms with van der Waals surface area (Å²) in [6, 6.07) is 12.1. The third-order valence-corrected chi connectivity index (χ3v) is 5.20. The van der Waals surface area contributed by atoms with Crippen molar-refractivity contribution in [2.75, 3.05) is 32.6 Å². The Kier molecular flexibility index (Phi) is 5.62. The number of nitrogens with zero attached hydrogens (tertiary/aromatic N) is 3. The van der Waals surface area contributed by atoms with Crippen molar-refractivity contribution in [2.45, 2.75) is 20.0 Å². The van der Waals surface area contributed by atoms with E-state index in [1.165, 1.54) is 5.56 Å².